The Hall–Kier alpha value is -3.42. The number of benzene rings is 2. The number of aryl methyl sites for hydroxylation is 2. The minimum absolute atomic E-state index is 0.0766. The molecule has 8 heteroatoms. The lowest BCUT2D eigenvalue weighted by Gasteiger charge is -2.08. The predicted molar refractivity (Wildman–Crippen MR) is 102 cm³/mol. The number of rotatable bonds is 7. The van der Waals surface area contributed by atoms with E-state index >= 15 is 0 Å². The van der Waals surface area contributed by atoms with Crippen molar-refractivity contribution >= 4 is 17.8 Å². The quantitative estimate of drug-likeness (QED) is 0.458. The Balaban J connectivity index is 2.12. The zero-order valence-electron chi connectivity index (χ0n) is 15.6. The first-order valence-corrected chi connectivity index (χ1v) is 8.14. The number of hydrogen-bond donors (Lipinski definition) is 1. The van der Waals surface area contributed by atoms with E-state index in [9.17, 15) is 14.9 Å². The molecule has 0 unspecified atom stereocenters. The van der Waals surface area contributed by atoms with Gasteiger partial charge in [-0.3, -0.25) is 14.9 Å². The fourth-order valence-corrected chi connectivity index (χ4v) is 2.46. The molecule has 0 bridgehead atoms. The second kappa shape index (κ2) is 8.79. The number of nitrogens with zero attached hydrogens (tertiary/aromatic N) is 2. The predicted octanol–water partition coefficient (Wildman–Crippen LogP) is 2.92. The fourth-order valence-electron chi connectivity index (χ4n) is 2.46. The van der Waals surface area contributed by atoms with E-state index in [2.05, 4.69) is 10.5 Å². The Morgan fingerprint density at radius 3 is 2.44 bits per heavy atom. The highest BCUT2D eigenvalue weighted by molar-refractivity contribution is 5.87. The molecule has 0 atom stereocenters. The molecule has 0 aliphatic rings. The highest BCUT2D eigenvalue weighted by Crippen LogP contribution is 2.33. The maximum Gasteiger partial charge on any atom is 0.311 e. The molecule has 0 spiro atoms. The molecule has 0 saturated carbocycles. The van der Waals surface area contributed by atoms with Crippen molar-refractivity contribution in [2.45, 2.75) is 20.3 Å². The van der Waals surface area contributed by atoms with Crippen LogP contribution in [0.25, 0.3) is 0 Å². The lowest BCUT2D eigenvalue weighted by molar-refractivity contribution is -0.385. The fraction of sp³-hybridized carbons (Fsp3) is 0.263. The summed E-state index contributed by atoms with van der Waals surface area (Å²) in [5.41, 5.74) is 5.69. The molecule has 0 radical (unpaired) electrons. The summed E-state index contributed by atoms with van der Waals surface area (Å²) >= 11 is 0. The number of hydrogen-bond acceptors (Lipinski definition) is 6. The summed E-state index contributed by atoms with van der Waals surface area (Å²) in [5.74, 6) is 0.119. The van der Waals surface area contributed by atoms with Gasteiger partial charge < -0.3 is 9.47 Å². The van der Waals surface area contributed by atoms with Crippen molar-refractivity contribution in [1.29, 1.82) is 0 Å². The number of methoxy groups -OCH3 is 2. The van der Waals surface area contributed by atoms with Crippen LogP contribution >= 0.6 is 0 Å². The van der Waals surface area contributed by atoms with Gasteiger partial charge in [-0.25, -0.2) is 5.43 Å². The Morgan fingerprint density at radius 1 is 1.15 bits per heavy atom. The van der Waals surface area contributed by atoms with E-state index < -0.39 is 4.92 Å². The van der Waals surface area contributed by atoms with Crippen LogP contribution in [0.3, 0.4) is 0 Å². The largest absolute Gasteiger partial charge is 0.496 e. The van der Waals surface area contributed by atoms with Gasteiger partial charge in [0, 0.05) is 17.7 Å². The standard InChI is InChI=1S/C19H21N3O5/c1-12-5-6-14(7-13(12)2)8-19(23)21-20-11-15-9-16(22(24)25)18(27-4)10-17(15)26-3/h5-7,9-11H,8H2,1-4H3,(H,21,23)/b20-11-. The van der Waals surface area contributed by atoms with Crippen LogP contribution in [-0.4, -0.2) is 31.3 Å². The molecule has 0 fully saturated rings. The number of hydrazone groups is 1. The molecule has 0 heterocycles. The molecule has 1 N–H and O–H groups in total. The van der Waals surface area contributed by atoms with Crippen molar-refractivity contribution in [2.75, 3.05) is 14.2 Å². The molecule has 0 aliphatic carbocycles. The molecule has 27 heavy (non-hydrogen) atoms. The first kappa shape index (κ1) is 19.9. The monoisotopic (exact) mass is 371 g/mol. The van der Waals surface area contributed by atoms with E-state index in [1.54, 1.807) is 0 Å². The first-order chi connectivity index (χ1) is 12.8. The molecule has 2 aromatic carbocycles. The number of carbonyl (C=O) groups is 1. The maximum atomic E-state index is 12.0. The van der Waals surface area contributed by atoms with Crippen LogP contribution in [0.4, 0.5) is 5.69 Å². The van der Waals surface area contributed by atoms with Crippen molar-refractivity contribution in [3.63, 3.8) is 0 Å². The minimum atomic E-state index is -0.562. The topological polar surface area (TPSA) is 103 Å². The summed E-state index contributed by atoms with van der Waals surface area (Å²) in [6, 6.07) is 8.48. The van der Waals surface area contributed by atoms with Gasteiger partial charge in [0.1, 0.15) is 5.75 Å². The second-order valence-electron chi connectivity index (χ2n) is 5.91. The lowest BCUT2D eigenvalue weighted by atomic mass is 10.0. The number of nitro benzene ring substituents is 1. The SMILES string of the molecule is COc1cc(OC)c([N+](=O)[O-])cc1/C=N\NC(=O)Cc1ccc(C)c(C)c1. The van der Waals surface area contributed by atoms with Crippen molar-refractivity contribution in [3.05, 3.63) is 62.7 Å². The Morgan fingerprint density at radius 2 is 1.85 bits per heavy atom. The van der Waals surface area contributed by atoms with Crippen molar-refractivity contribution < 1.29 is 19.2 Å². The van der Waals surface area contributed by atoms with Crippen LogP contribution in [0.5, 0.6) is 11.5 Å². The third-order valence-corrected chi connectivity index (χ3v) is 4.06. The molecule has 8 nitrogen and oxygen atoms in total. The first-order valence-electron chi connectivity index (χ1n) is 8.14. The van der Waals surface area contributed by atoms with Gasteiger partial charge in [0.05, 0.1) is 31.8 Å². The van der Waals surface area contributed by atoms with Gasteiger partial charge in [0.25, 0.3) is 0 Å². The van der Waals surface area contributed by atoms with E-state index in [1.807, 2.05) is 32.0 Å². The molecule has 2 rings (SSSR count). The van der Waals surface area contributed by atoms with Crippen LogP contribution < -0.4 is 14.9 Å². The van der Waals surface area contributed by atoms with Crippen LogP contribution in [-0.2, 0) is 11.2 Å². The summed E-state index contributed by atoms with van der Waals surface area (Å²) in [7, 11) is 2.76. The van der Waals surface area contributed by atoms with Crippen molar-refractivity contribution in [3.8, 4) is 11.5 Å². The highest BCUT2D eigenvalue weighted by atomic mass is 16.6. The summed E-state index contributed by atoms with van der Waals surface area (Å²) in [6.07, 6.45) is 1.47. The van der Waals surface area contributed by atoms with Gasteiger partial charge >= 0.3 is 5.69 Å². The van der Waals surface area contributed by atoms with Gasteiger partial charge in [-0.1, -0.05) is 18.2 Å². The number of ether oxygens (including phenoxy) is 2. The van der Waals surface area contributed by atoms with Gasteiger partial charge in [-0.15, -0.1) is 0 Å². The molecule has 2 aromatic rings. The van der Waals surface area contributed by atoms with Crippen LogP contribution in [0, 0.1) is 24.0 Å². The van der Waals surface area contributed by atoms with Crippen molar-refractivity contribution in [1.82, 2.24) is 5.43 Å². The van der Waals surface area contributed by atoms with Crippen molar-refractivity contribution in [2.24, 2.45) is 5.10 Å². The summed E-state index contributed by atoms with van der Waals surface area (Å²) in [4.78, 5) is 22.6. The average Bonchev–Trinajstić information content (AvgIpc) is 2.64. The van der Waals surface area contributed by atoms with Gasteiger partial charge in [-0.05, 0) is 30.5 Å². The van der Waals surface area contributed by atoms with Gasteiger partial charge in [-0.2, -0.15) is 5.10 Å². The smallest absolute Gasteiger partial charge is 0.311 e. The lowest BCUT2D eigenvalue weighted by Crippen LogP contribution is -2.19. The zero-order chi connectivity index (χ0) is 20.0. The molecule has 0 saturated heterocycles. The molecular formula is C19H21N3O5. The molecule has 0 aromatic heterocycles. The second-order valence-corrected chi connectivity index (χ2v) is 5.91. The Labute approximate surface area is 157 Å². The summed E-state index contributed by atoms with van der Waals surface area (Å²) < 4.78 is 10.2. The average molecular weight is 371 g/mol. The van der Waals surface area contributed by atoms with E-state index in [0.717, 1.165) is 16.7 Å². The Kier molecular flexibility index (Phi) is 6.48. The molecular weight excluding hydrogens is 350 g/mol. The summed E-state index contributed by atoms with van der Waals surface area (Å²) in [6.45, 7) is 3.99. The zero-order valence-corrected chi connectivity index (χ0v) is 15.6. The highest BCUT2D eigenvalue weighted by Gasteiger charge is 2.18. The summed E-state index contributed by atoms with van der Waals surface area (Å²) in [5, 5.41) is 15.0. The molecule has 0 aliphatic heterocycles. The normalized spacial score (nSPS) is 10.7. The number of amides is 1. The third kappa shape index (κ3) is 5.04. The maximum absolute atomic E-state index is 12.0. The van der Waals surface area contributed by atoms with Gasteiger partial charge in [0.2, 0.25) is 11.7 Å². The van der Waals surface area contributed by atoms with E-state index in [0.29, 0.717) is 11.3 Å². The van der Waals surface area contributed by atoms with E-state index in [4.69, 9.17) is 9.47 Å². The minimum Gasteiger partial charge on any atom is -0.496 e. The van der Waals surface area contributed by atoms with E-state index in [-0.39, 0.29) is 23.8 Å². The number of nitrogens with one attached hydrogen (secondary N) is 1. The van der Waals surface area contributed by atoms with E-state index in [1.165, 1.54) is 32.6 Å². The number of carbonyl (C=O) groups excluding carboxylic acids is 1. The van der Waals surface area contributed by atoms with Crippen LogP contribution in [0.15, 0.2) is 35.4 Å². The molecule has 142 valence electrons. The number of nitro groups is 1. The van der Waals surface area contributed by atoms with Crippen LogP contribution in [0.2, 0.25) is 0 Å². The van der Waals surface area contributed by atoms with Gasteiger partial charge in [0.15, 0.2) is 0 Å². The molecule has 1 amide bonds. The third-order valence-electron chi connectivity index (χ3n) is 4.06. The van der Waals surface area contributed by atoms with Crippen LogP contribution in [0.1, 0.15) is 22.3 Å². The Bertz CT molecular complexity index is 893.